The van der Waals surface area contributed by atoms with E-state index in [9.17, 15) is 13.2 Å². The average Bonchev–Trinajstić information content (AvgIpc) is 2.75. The fourth-order valence-electron chi connectivity index (χ4n) is 1.71. The molecule has 1 aromatic carbocycles. The van der Waals surface area contributed by atoms with Gasteiger partial charge in [0.15, 0.2) is 5.13 Å². The molecule has 21 heavy (non-hydrogen) atoms. The van der Waals surface area contributed by atoms with E-state index in [-0.39, 0.29) is 11.3 Å². The number of hydrogen-bond acceptors (Lipinski definition) is 5. The molecule has 6 nitrogen and oxygen atoms in total. The maximum Gasteiger partial charge on any atom is 0.259 e. The highest BCUT2D eigenvalue weighted by Gasteiger charge is 2.15. The molecule has 112 valence electrons. The van der Waals surface area contributed by atoms with Crippen LogP contribution < -0.4 is 10.0 Å². The quantitative estimate of drug-likeness (QED) is 0.903. The van der Waals surface area contributed by atoms with E-state index in [0.717, 1.165) is 17.5 Å². The Balaban J connectivity index is 2.32. The third-order valence-electron chi connectivity index (χ3n) is 2.55. The first-order valence-electron chi connectivity index (χ1n) is 6.06. The lowest BCUT2D eigenvalue weighted by Gasteiger charge is -2.11. The number of nitrogens with zero attached hydrogens (tertiary/aromatic N) is 1. The number of benzene rings is 1. The number of hydrogen-bond donors (Lipinski definition) is 2. The van der Waals surface area contributed by atoms with Gasteiger partial charge in [-0.05, 0) is 26.0 Å². The third-order valence-corrected chi connectivity index (χ3v) is 4.02. The molecule has 0 aliphatic heterocycles. The molecule has 0 bridgehead atoms. The minimum absolute atomic E-state index is 0.244. The van der Waals surface area contributed by atoms with Gasteiger partial charge in [0, 0.05) is 5.38 Å². The number of rotatable bonds is 4. The van der Waals surface area contributed by atoms with E-state index in [1.165, 1.54) is 11.3 Å². The van der Waals surface area contributed by atoms with Crippen LogP contribution in [0.15, 0.2) is 23.6 Å². The van der Waals surface area contributed by atoms with Crippen LogP contribution in [0.5, 0.6) is 0 Å². The van der Waals surface area contributed by atoms with Crippen molar-refractivity contribution >= 4 is 38.1 Å². The van der Waals surface area contributed by atoms with Crippen molar-refractivity contribution in [2.45, 2.75) is 13.8 Å². The molecule has 8 heteroatoms. The summed E-state index contributed by atoms with van der Waals surface area (Å²) in [6.45, 7) is 3.66. The highest BCUT2D eigenvalue weighted by Crippen LogP contribution is 2.21. The second-order valence-electron chi connectivity index (χ2n) is 4.67. The van der Waals surface area contributed by atoms with Gasteiger partial charge in [-0.2, -0.15) is 0 Å². The fourth-order valence-corrected chi connectivity index (χ4v) is 2.97. The maximum atomic E-state index is 12.3. The first kappa shape index (κ1) is 15.5. The highest BCUT2D eigenvalue weighted by atomic mass is 32.2. The van der Waals surface area contributed by atoms with Crippen molar-refractivity contribution in [3.05, 3.63) is 40.4 Å². The number of anilines is 2. The zero-order chi connectivity index (χ0) is 15.6. The second-order valence-corrected chi connectivity index (χ2v) is 7.28. The normalized spacial score (nSPS) is 11.2. The molecule has 2 N–H and O–H groups in total. The van der Waals surface area contributed by atoms with Gasteiger partial charge in [0.25, 0.3) is 5.91 Å². The van der Waals surface area contributed by atoms with Crippen LogP contribution in [0.25, 0.3) is 0 Å². The molecule has 0 radical (unpaired) electrons. The molecule has 2 aromatic rings. The van der Waals surface area contributed by atoms with Gasteiger partial charge in [0.2, 0.25) is 10.0 Å². The molecule has 1 aromatic heterocycles. The molecule has 0 atom stereocenters. The molecule has 0 spiro atoms. The minimum Gasteiger partial charge on any atom is -0.298 e. The summed E-state index contributed by atoms with van der Waals surface area (Å²) in [5.41, 5.74) is 2.17. The van der Waals surface area contributed by atoms with Crippen molar-refractivity contribution in [2.24, 2.45) is 0 Å². The van der Waals surface area contributed by atoms with E-state index in [0.29, 0.717) is 5.13 Å². The van der Waals surface area contributed by atoms with E-state index >= 15 is 0 Å². The van der Waals surface area contributed by atoms with Gasteiger partial charge in [-0.3, -0.25) is 14.8 Å². The average molecular weight is 325 g/mol. The standard InChI is InChI=1S/C13H15N3O3S2/c1-8-4-5-11(16-21(3,18)19)10(6-8)12(17)15-13-14-9(2)7-20-13/h4-7,16H,1-3H3,(H,14,15,17). The number of carbonyl (C=O) groups is 1. The summed E-state index contributed by atoms with van der Waals surface area (Å²) < 4.78 is 25.1. The summed E-state index contributed by atoms with van der Waals surface area (Å²) in [6.07, 6.45) is 1.04. The zero-order valence-electron chi connectivity index (χ0n) is 11.8. The van der Waals surface area contributed by atoms with Crippen LogP contribution in [-0.4, -0.2) is 25.6 Å². The summed E-state index contributed by atoms with van der Waals surface area (Å²) in [4.78, 5) is 16.5. The van der Waals surface area contributed by atoms with Gasteiger partial charge in [0.1, 0.15) is 0 Å². The van der Waals surface area contributed by atoms with Gasteiger partial charge in [-0.15, -0.1) is 11.3 Å². The van der Waals surface area contributed by atoms with Crippen molar-refractivity contribution in [3.63, 3.8) is 0 Å². The van der Waals surface area contributed by atoms with E-state index in [1.807, 2.05) is 19.2 Å². The van der Waals surface area contributed by atoms with Crippen LogP contribution in [0.2, 0.25) is 0 Å². The molecule has 0 aliphatic rings. The maximum absolute atomic E-state index is 12.3. The van der Waals surface area contributed by atoms with Gasteiger partial charge >= 0.3 is 0 Å². The van der Waals surface area contributed by atoms with Crippen LogP contribution in [0, 0.1) is 13.8 Å². The van der Waals surface area contributed by atoms with Crippen molar-refractivity contribution in [2.75, 3.05) is 16.3 Å². The number of aryl methyl sites for hydroxylation is 2. The van der Waals surface area contributed by atoms with Crippen molar-refractivity contribution in [1.29, 1.82) is 0 Å². The van der Waals surface area contributed by atoms with Crippen LogP contribution in [0.4, 0.5) is 10.8 Å². The topological polar surface area (TPSA) is 88.2 Å². The number of amides is 1. The van der Waals surface area contributed by atoms with E-state index in [2.05, 4.69) is 15.0 Å². The van der Waals surface area contributed by atoms with Crippen LogP contribution >= 0.6 is 11.3 Å². The molecular formula is C13H15N3O3S2. The first-order valence-corrected chi connectivity index (χ1v) is 8.83. The summed E-state index contributed by atoms with van der Waals surface area (Å²) in [7, 11) is -3.46. The van der Waals surface area contributed by atoms with Crippen LogP contribution in [0.1, 0.15) is 21.6 Å². The van der Waals surface area contributed by atoms with Gasteiger partial charge < -0.3 is 0 Å². The Hall–Kier alpha value is -1.93. The molecule has 0 fully saturated rings. The monoisotopic (exact) mass is 325 g/mol. The highest BCUT2D eigenvalue weighted by molar-refractivity contribution is 7.92. The lowest BCUT2D eigenvalue weighted by Crippen LogP contribution is -2.17. The predicted molar refractivity (Wildman–Crippen MR) is 84.4 cm³/mol. The van der Waals surface area contributed by atoms with Gasteiger partial charge in [0.05, 0.1) is 23.2 Å². The molecule has 0 aliphatic carbocycles. The molecular weight excluding hydrogens is 310 g/mol. The summed E-state index contributed by atoms with van der Waals surface area (Å²) >= 11 is 1.31. The van der Waals surface area contributed by atoms with Gasteiger partial charge in [-0.1, -0.05) is 11.6 Å². The lowest BCUT2D eigenvalue weighted by atomic mass is 10.1. The minimum atomic E-state index is -3.46. The largest absolute Gasteiger partial charge is 0.298 e. The van der Waals surface area contributed by atoms with Crippen molar-refractivity contribution in [1.82, 2.24) is 4.98 Å². The Morgan fingerprint density at radius 3 is 2.57 bits per heavy atom. The van der Waals surface area contributed by atoms with E-state index < -0.39 is 15.9 Å². The number of nitrogens with one attached hydrogen (secondary N) is 2. The Morgan fingerprint density at radius 1 is 1.29 bits per heavy atom. The Morgan fingerprint density at radius 2 is 2.00 bits per heavy atom. The Labute approximate surface area is 127 Å². The zero-order valence-corrected chi connectivity index (χ0v) is 13.4. The van der Waals surface area contributed by atoms with E-state index in [1.54, 1.807) is 18.2 Å². The van der Waals surface area contributed by atoms with Crippen LogP contribution in [0.3, 0.4) is 0 Å². The van der Waals surface area contributed by atoms with Crippen molar-refractivity contribution in [3.8, 4) is 0 Å². The number of aromatic nitrogens is 1. The molecule has 0 saturated carbocycles. The van der Waals surface area contributed by atoms with E-state index in [4.69, 9.17) is 0 Å². The third kappa shape index (κ3) is 4.27. The molecule has 1 amide bonds. The number of thiazole rings is 1. The summed E-state index contributed by atoms with van der Waals surface area (Å²) in [6, 6.07) is 4.93. The smallest absolute Gasteiger partial charge is 0.259 e. The molecule has 2 rings (SSSR count). The van der Waals surface area contributed by atoms with Crippen molar-refractivity contribution < 1.29 is 13.2 Å². The SMILES string of the molecule is Cc1ccc(NS(C)(=O)=O)c(C(=O)Nc2nc(C)cs2)c1. The summed E-state index contributed by atoms with van der Waals surface area (Å²) in [5.74, 6) is -0.404. The molecule has 1 heterocycles. The summed E-state index contributed by atoms with van der Waals surface area (Å²) in [5, 5.41) is 4.96. The second kappa shape index (κ2) is 5.82. The predicted octanol–water partition coefficient (Wildman–Crippen LogP) is 2.38. The fraction of sp³-hybridized carbons (Fsp3) is 0.231. The molecule has 0 saturated heterocycles. The first-order chi connectivity index (χ1) is 9.74. The molecule has 0 unspecified atom stereocenters. The number of carbonyl (C=O) groups excluding carboxylic acids is 1. The Kier molecular flexibility index (Phi) is 4.29. The van der Waals surface area contributed by atoms with Crippen LogP contribution in [-0.2, 0) is 10.0 Å². The van der Waals surface area contributed by atoms with Gasteiger partial charge in [-0.25, -0.2) is 13.4 Å². The Bertz CT molecular complexity index is 782. The lowest BCUT2D eigenvalue weighted by molar-refractivity contribution is 0.102. The number of sulfonamides is 1.